The molecule has 3 fully saturated rings. The lowest BCUT2D eigenvalue weighted by Gasteiger charge is -2.45. The van der Waals surface area contributed by atoms with Gasteiger partial charge in [0.2, 0.25) is 0 Å². The minimum Gasteiger partial charge on any atom is -0.465 e. The van der Waals surface area contributed by atoms with Crippen molar-refractivity contribution in [2.45, 2.75) is 137 Å². The molecule has 0 saturated carbocycles. The van der Waals surface area contributed by atoms with Gasteiger partial charge in [-0.25, -0.2) is 10.2 Å². The summed E-state index contributed by atoms with van der Waals surface area (Å²) in [6.45, 7) is 23.4. The monoisotopic (exact) mass is 927 g/mol. The second kappa shape index (κ2) is 21.8. The van der Waals surface area contributed by atoms with Gasteiger partial charge < -0.3 is 33.7 Å². The van der Waals surface area contributed by atoms with Crippen LogP contribution in [0.15, 0.2) is 36.5 Å². The smallest absolute Gasteiger partial charge is 0.408 e. The van der Waals surface area contributed by atoms with E-state index in [-0.39, 0.29) is 30.6 Å². The number of anilines is 1. The third kappa shape index (κ3) is 12.4. The van der Waals surface area contributed by atoms with Gasteiger partial charge in [-0.15, -0.1) is 0 Å². The van der Waals surface area contributed by atoms with Crippen LogP contribution in [0.3, 0.4) is 0 Å². The van der Waals surface area contributed by atoms with E-state index in [4.69, 9.17) is 23.9 Å². The molecule has 2 aromatic heterocycles. The van der Waals surface area contributed by atoms with Crippen LogP contribution >= 0.6 is 0 Å². The van der Waals surface area contributed by atoms with Crippen molar-refractivity contribution in [2.24, 2.45) is 5.41 Å². The number of ether oxygens (including phenoxy) is 4. The zero-order valence-electron chi connectivity index (χ0n) is 42.0. The van der Waals surface area contributed by atoms with Gasteiger partial charge in [0.25, 0.3) is 5.91 Å². The van der Waals surface area contributed by atoms with E-state index in [9.17, 15) is 14.4 Å². The van der Waals surface area contributed by atoms with E-state index < -0.39 is 23.2 Å². The standard InChI is InChI=1S/C52H78N8O7/c1-11-59-46-20-19-37(38-16-14-21-56(30-38)32-45(54-50(63)67-51(4,5)6)49(62)60-23-15-17-39(55-60)33-64-9)26-42(46)44(28-52(7,8)34-66-36(3)61)48(59)43-27-41(29-53-47(43)35(2)65-10)58-25-24-57-22-13-12-18-40(57)31-58/h16,19-20,26-27,29,35,39-40,45,55H,11-15,17-18,21-25,28,30-34H2,1-10H3,(H,54,63)/t35-,39-,40+,45-/m0/s1. The first-order valence-corrected chi connectivity index (χ1v) is 24.8. The molecule has 368 valence electrons. The Hall–Kier alpha value is -4.54. The summed E-state index contributed by atoms with van der Waals surface area (Å²) in [6.07, 6.45) is 10.4. The fourth-order valence-corrected chi connectivity index (χ4v) is 10.5. The van der Waals surface area contributed by atoms with Gasteiger partial charge >= 0.3 is 12.1 Å². The number of hydrogen-bond acceptors (Lipinski definition) is 12. The van der Waals surface area contributed by atoms with Crippen LogP contribution in [-0.4, -0.2) is 146 Å². The lowest BCUT2D eigenvalue weighted by atomic mass is 9.84. The van der Waals surface area contributed by atoms with Crippen molar-refractivity contribution in [3.63, 3.8) is 0 Å². The molecule has 0 radical (unpaired) electrons. The number of piperazine rings is 1. The highest BCUT2D eigenvalue weighted by molar-refractivity contribution is 5.95. The van der Waals surface area contributed by atoms with Gasteiger partial charge in [0, 0.05) is 107 Å². The normalized spacial score (nSPS) is 20.8. The van der Waals surface area contributed by atoms with E-state index in [1.165, 1.54) is 38.3 Å². The summed E-state index contributed by atoms with van der Waals surface area (Å²) in [7, 11) is 3.40. The number of hydrogen-bond donors (Lipinski definition) is 2. The summed E-state index contributed by atoms with van der Waals surface area (Å²) in [6, 6.07) is 8.86. The molecule has 4 aliphatic rings. The third-order valence-corrected chi connectivity index (χ3v) is 13.8. The van der Waals surface area contributed by atoms with Crippen molar-refractivity contribution in [2.75, 3.05) is 84.7 Å². The number of nitrogens with zero attached hydrogens (tertiary/aromatic N) is 6. The molecule has 0 spiro atoms. The molecule has 3 aromatic rings. The van der Waals surface area contributed by atoms with Gasteiger partial charge in [-0.2, -0.15) is 0 Å². The molecule has 2 N–H and O–H groups in total. The van der Waals surface area contributed by atoms with Gasteiger partial charge in [0.1, 0.15) is 11.6 Å². The highest BCUT2D eigenvalue weighted by atomic mass is 16.6. The number of alkyl carbamates (subject to hydrolysis) is 1. The summed E-state index contributed by atoms with van der Waals surface area (Å²) in [5, 5.41) is 5.72. The third-order valence-electron chi connectivity index (χ3n) is 13.8. The second-order valence-electron chi connectivity index (χ2n) is 20.9. The number of methoxy groups -OCH3 is 2. The molecule has 4 atom stereocenters. The van der Waals surface area contributed by atoms with Crippen LogP contribution in [-0.2, 0) is 41.5 Å². The van der Waals surface area contributed by atoms with Crippen molar-refractivity contribution in [3.05, 3.63) is 53.4 Å². The minimum absolute atomic E-state index is 0.0112. The molecule has 15 nitrogen and oxygen atoms in total. The predicted molar refractivity (Wildman–Crippen MR) is 264 cm³/mol. The number of piperidine rings is 1. The molecule has 7 rings (SSSR count). The number of fused-ring (bicyclic) bond motifs is 2. The molecule has 15 heteroatoms. The van der Waals surface area contributed by atoms with E-state index in [0.29, 0.717) is 38.7 Å². The Morgan fingerprint density at radius 3 is 2.52 bits per heavy atom. The Morgan fingerprint density at radius 1 is 0.985 bits per heavy atom. The number of hydrazine groups is 1. The molecule has 3 saturated heterocycles. The molecular formula is C52H78N8O7. The Balaban J connectivity index is 1.25. The molecule has 1 aromatic carbocycles. The number of nitrogens with one attached hydrogen (secondary N) is 2. The highest BCUT2D eigenvalue weighted by Gasteiger charge is 2.35. The lowest BCUT2D eigenvalue weighted by Crippen LogP contribution is -2.61. The topological polar surface area (TPSA) is 143 Å². The lowest BCUT2D eigenvalue weighted by molar-refractivity contribution is -0.144. The molecule has 67 heavy (non-hydrogen) atoms. The fourth-order valence-electron chi connectivity index (χ4n) is 10.5. The maximum atomic E-state index is 14.3. The summed E-state index contributed by atoms with van der Waals surface area (Å²) in [5.74, 6) is -0.491. The van der Waals surface area contributed by atoms with Crippen LogP contribution in [0, 0.1) is 5.41 Å². The van der Waals surface area contributed by atoms with Crippen molar-refractivity contribution in [1.82, 2.24) is 35.1 Å². The summed E-state index contributed by atoms with van der Waals surface area (Å²) >= 11 is 0. The first-order valence-electron chi connectivity index (χ1n) is 24.8. The largest absolute Gasteiger partial charge is 0.465 e. The molecule has 0 unspecified atom stereocenters. The molecule has 0 bridgehead atoms. The van der Waals surface area contributed by atoms with Crippen LogP contribution in [0.1, 0.15) is 117 Å². The first-order chi connectivity index (χ1) is 32.0. The van der Waals surface area contributed by atoms with Crippen LogP contribution in [0.25, 0.3) is 27.7 Å². The molecule has 0 aliphatic carbocycles. The van der Waals surface area contributed by atoms with Gasteiger partial charge in [0.05, 0.1) is 42.6 Å². The van der Waals surface area contributed by atoms with Crippen LogP contribution in [0.2, 0.25) is 0 Å². The van der Waals surface area contributed by atoms with Crippen molar-refractivity contribution >= 4 is 40.1 Å². The average Bonchev–Trinajstić information content (AvgIpc) is 3.60. The fraction of sp³-hybridized carbons (Fsp3) is 0.654. The van der Waals surface area contributed by atoms with Gasteiger partial charge in [-0.3, -0.25) is 29.4 Å². The number of carbonyl (C=O) groups excluding carboxylic acids is 3. The number of benzene rings is 1. The number of rotatable bonds is 16. The van der Waals surface area contributed by atoms with Crippen LogP contribution in [0.4, 0.5) is 10.5 Å². The highest BCUT2D eigenvalue weighted by Crippen LogP contribution is 2.43. The van der Waals surface area contributed by atoms with E-state index in [1.807, 2.05) is 27.0 Å². The number of pyridine rings is 1. The Labute approximate surface area is 398 Å². The van der Waals surface area contributed by atoms with Gasteiger partial charge in [-0.1, -0.05) is 32.4 Å². The number of aromatic nitrogens is 2. The Morgan fingerprint density at radius 2 is 1.79 bits per heavy atom. The zero-order valence-corrected chi connectivity index (χ0v) is 42.0. The Bertz CT molecular complexity index is 2250. The quantitative estimate of drug-likeness (QED) is 0.139. The SMILES string of the molecule is CCn1c(-c2cc(N3CCN4CCCC[C@@H]4C3)cnc2[C@H](C)OC)c(CC(C)(C)COC(C)=O)c2cc(C3=CCCN(C[C@H](NC(=O)OC(C)(C)C)C(=O)N4CCC[C@@H](COC)N4)C3)ccc21. The summed E-state index contributed by atoms with van der Waals surface area (Å²) in [4.78, 5) is 52.3. The van der Waals surface area contributed by atoms with E-state index in [2.05, 4.69) is 88.0 Å². The average molecular weight is 927 g/mol. The van der Waals surface area contributed by atoms with Crippen molar-refractivity contribution in [1.29, 1.82) is 0 Å². The second-order valence-corrected chi connectivity index (χ2v) is 20.9. The molecule has 4 aliphatic heterocycles. The molecule has 2 amide bonds. The molecule has 6 heterocycles. The summed E-state index contributed by atoms with van der Waals surface area (Å²) < 4.78 is 25.2. The first kappa shape index (κ1) is 50.3. The number of amides is 2. The zero-order chi connectivity index (χ0) is 48.0. The summed E-state index contributed by atoms with van der Waals surface area (Å²) in [5.41, 5.74) is 11.0. The Kier molecular flexibility index (Phi) is 16.4. The van der Waals surface area contributed by atoms with Crippen molar-refractivity contribution < 1.29 is 33.3 Å². The number of carbonyl (C=O) groups is 3. The van der Waals surface area contributed by atoms with Gasteiger partial charge in [0.15, 0.2) is 0 Å². The van der Waals surface area contributed by atoms with Gasteiger partial charge in [-0.05, 0) is 115 Å². The molecular weight excluding hydrogens is 849 g/mol. The number of aryl methyl sites for hydroxylation is 1. The van der Waals surface area contributed by atoms with E-state index in [0.717, 1.165) is 96.7 Å². The predicted octanol–water partition coefficient (Wildman–Crippen LogP) is 7.36. The van der Waals surface area contributed by atoms with Crippen molar-refractivity contribution in [3.8, 4) is 11.3 Å². The maximum absolute atomic E-state index is 14.3. The van der Waals surface area contributed by atoms with Crippen LogP contribution in [0.5, 0.6) is 0 Å². The maximum Gasteiger partial charge on any atom is 0.408 e. The number of esters is 1. The van der Waals surface area contributed by atoms with E-state index >= 15 is 0 Å². The van der Waals surface area contributed by atoms with Crippen LogP contribution < -0.4 is 15.6 Å². The van der Waals surface area contributed by atoms with E-state index in [1.54, 1.807) is 19.2 Å². The minimum atomic E-state index is -0.836.